The number of likely N-dealkylation sites (N-methyl/N-ethyl adjacent to an activating group) is 1. The Morgan fingerprint density at radius 1 is 1.30 bits per heavy atom. The smallest absolute Gasteiger partial charge is 0.0597 e. The molecule has 0 aliphatic heterocycles. The largest absolute Gasteiger partial charge is 0.377 e. The lowest BCUT2D eigenvalue weighted by Gasteiger charge is -2.38. The van der Waals surface area contributed by atoms with Crippen LogP contribution in [-0.4, -0.2) is 43.3 Å². The van der Waals surface area contributed by atoms with Gasteiger partial charge in [0.1, 0.15) is 0 Å². The fraction of sp³-hybridized carbons (Fsp3) is 0.625. The van der Waals surface area contributed by atoms with Crippen molar-refractivity contribution in [1.82, 2.24) is 4.90 Å². The molecule has 0 heterocycles. The molecule has 0 amide bonds. The van der Waals surface area contributed by atoms with Crippen molar-refractivity contribution in [2.24, 2.45) is 5.73 Å². The van der Waals surface area contributed by atoms with E-state index in [4.69, 9.17) is 22.1 Å². The van der Waals surface area contributed by atoms with Crippen LogP contribution in [0.25, 0.3) is 0 Å². The zero-order valence-electron chi connectivity index (χ0n) is 13.0. The average Bonchev–Trinajstić information content (AvgIpc) is 2.40. The predicted octanol–water partition coefficient (Wildman–Crippen LogP) is 2.96. The number of hydrogen-bond acceptors (Lipinski definition) is 3. The quantitative estimate of drug-likeness (QED) is 0.802. The molecule has 1 atom stereocenters. The summed E-state index contributed by atoms with van der Waals surface area (Å²) in [6.45, 7) is 8.50. The van der Waals surface area contributed by atoms with Crippen LogP contribution in [0.3, 0.4) is 0 Å². The maximum Gasteiger partial charge on any atom is 0.0597 e. The van der Waals surface area contributed by atoms with Crippen molar-refractivity contribution in [1.29, 1.82) is 0 Å². The topological polar surface area (TPSA) is 38.5 Å². The maximum absolute atomic E-state index is 6.01. The van der Waals surface area contributed by atoms with E-state index in [0.29, 0.717) is 6.54 Å². The maximum atomic E-state index is 6.01. The molecular formula is C16H27ClN2O. The van der Waals surface area contributed by atoms with Gasteiger partial charge in [0.2, 0.25) is 0 Å². The third kappa shape index (κ3) is 5.41. The van der Waals surface area contributed by atoms with Crippen LogP contribution in [0.5, 0.6) is 0 Å². The molecular weight excluding hydrogens is 272 g/mol. The van der Waals surface area contributed by atoms with Crippen LogP contribution in [0.4, 0.5) is 0 Å². The van der Waals surface area contributed by atoms with E-state index in [1.54, 1.807) is 0 Å². The van der Waals surface area contributed by atoms with Crippen molar-refractivity contribution in [2.75, 3.05) is 26.7 Å². The first-order valence-corrected chi connectivity index (χ1v) is 7.52. The molecule has 0 radical (unpaired) electrons. The fourth-order valence-corrected chi connectivity index (χ4v) is 2.23. The number of ether oxygens (including phenoxy) is 1. The first-order chi connectivity index (χ1) is 9.37. The zero-order chi connectivity index (χ0) is 15.2. The summed E-state index contributed by atoms with van der Waals surface area (Å²) in [6.07, 6.45) is 1.17. The number of nitrogens with zero attached hydrogens (tertiary/aromatic N) is 1. The van der Waals surface area contributed by atoms with E-state index in [0.717, 1.165) is 24.6 Å². The van der Waals surface area contributed by atoms with Crippen LogP contribution in [0, 0.1) is 0 Å². The van der Waals surface area contributed by atoms with Crippen molar-refractivity contribution in [2.45, 2.75) is 38.8 Å². The predicted molar refractivity (Wildman–Crippen MR) is 86.3 cm³/mol. The second-order valence-corrected chi connectivity index (χ2v) is 6.28. The summed E-state index contributed by atoms with van der Waals surface area (Å²) in [5, 5.41) is 0.766. The molecule has 1 aromatic carbocycles. The normalized spacial score (nSPS) is 14.8. The zero-order valence-corrected chi connectivity index (χ0v) is 13.8. The molecule has 114 valence electrons. The number of halogens is 1. The van der Waals surface area contributed by atoms with Crippen LogP contribution in [0.2, 0.25) is 5.02 Å². The average molecular weight is 299 g/mol. The van der Waals surface area contributed by atoms with E-state index < -0.39 is 0 Å². The molecule has 3 nitrogen and oxygen atoms in total. The third-order valence-corrected chi connectivity index (χ3v) is 3.99. The Balaban J connectivity index is 2.62. The molecule has 0 aromatic heterocycles. The summed E-state index contributed by atoms with van der Waals surface area (Å²) >= 11 is 5.93. The molecule has 1 aromatic rings. The molecule has 0 saturated carbocycles. The Morgan fingerprint density at radius 3 is 2.40 bits per heavy atom. The van der Waals surface area contributed by atoms with Gasteiger partial charge in [-0.15, -0.1) is 0 Å². The van der Waals surface area contributed by atoms with Crippen LogP contribution < -0.4 is 5.73 Å². The van der Waals surface area contributed by atoms with Crippen molar-refractivity contribution in [3.05, 3.63) is 34.9 Å². The minimum atomic E-state index is -0.0752. The van der Waals surface area contributed by atoms with Crippen molar-refractivity contribution < 1.29 is 4.74 Å². The molecule has 0 saturated heterocycles. The number of nitrogens with two attached hydrogens (primary N) is 1. The lowest BCUT2D eigenvalue weighted by atomic mass is 9.91. The summed E-state index contributed by atoms with van der Waals surface area (Å²) in [4.78, 5) is 2.28. The SMILES string of the molecule is CC(C)OCCN(C)C(C)(CN)Cc1ccc(Cl)cc1. The molecule has 0 aliphatic rings. The van der Waals surface area contributed by atoms with E-state index in [-0.39, 0.29) is 11.6 Å². The van der Waals surface area contributed by atoms with Gasteiger partial charge < -0.3 is 10.5 Å². The van der Waals surface area contributed by atoms with Gasteiger partial charge in [-0.1, -0.05) is 23.7 Å². The second kappa shape index (κ2) is 7.99. The standard InChI is InChI=1S/C16H27ClN2O/c1-13(2)20-10-9-19(4)16(3,12-18)11-14-5-7-15(17)8-6-14/h5-8,13H,9-12,18H2,1-4H3. The number of benzene rings is 1. The Morgan fingerprint density at radius 2 is 1.90 bits per heavy atom. The highest BCUT2D eigenvalue weighted by Crippen LogP contribution is 2.20. The van der Waals surface area contributed by atoms with Gasteiger partial charge in [-0.3, -0.25) is 4.90 Å². The van der Waals surface area contributed by atoms with Gasteiger partial charge in [0, 0.05) is 23.7 Å². The van der Waals surface area contributed by atoms with Crippen LogP contribution in [-0.2, 0) is 11.2 Å². The lowest BCUT2D eigenvalue weighted by molar-refractivity contribution is 0.0394. The van der Waals surface area contributed by atoms with Crippen LogP contribution in [0.1, 0.15) is 26.3 Å². The number of rotatable bonds is 8. The molecule has 1 rings (SSSR count). The van der Waals surface area contributed by atoms with Gasteiger partial charge in [-0.25, -0.2) is 0 Å². The Bertz CT molecular complexity index is 394. The molecule has 20 heavy (non-hydrogen) atoms. The first-order valence-electron chi connectivity index (χ1n) is 7.15. The second-order valence-electron chi connectivity index (χ2n) is 5.85. The van der Waals surface area contributed by atoms with Crippen molar-refractivity contribution in [3.63, 3.8) is 0 Å². The van der Waals surface area contributed by atoms with E-state index >= 15 is 0 Å². The summed E-state index contributed by atoms with van der Waals surface area (Å²) < 4.78 is 5.62. The van der Waals surface area contributed by atoms with E-state index in [1.165, 1.54) is 5.56 Å². The molecule has 0 spiro atoms. The molecule has 1 unspecified atom stereocenters. The summed E-state index contributed by atoms with van der Waals surface area (Å²) in [6, 6.07) is 7.98. The Hall–Kier alpha value is -0.610. The van der Waals surface area contributed by atoms with Crippen molar-refractivity contribution >= 4 is 11.6 Å². The monoisotopic (exact) mass is 298 g/mol. The lowest BCUT2D eigenvalue weighted by Crippen LogP contribution is -2.52. The minimum absolute atomic E-state index is 0.0752. The van der Waals surface area contributed by atoms with Gasteiger partial charge in [0.25, 0.3) is 0 Å². The highest BCUT2D eigenvalue weighted by Gasteiger charge is 2.27. The highest BCUT2D eigenvalue weighted by molar-refractivity contribution is 6.30. The van der Waals surface area contributed by atoms with Gasteiger partial charge >= 0.3 is 0 Å². The van der Waals surface area contributed by atoms with Gasteiger partial charge in [-0.05, 0) is 51.9 Å². The van der Waals surface area contributed by atoms with Crippen LogP contribution in [0.15, 0.2) is 24.3 Å². The summed E-state index contributed by atoms with van der Waals surface area (Å²) in [5.41, 5.74) is 7.18. The minimum Gasteiger partial charge on any atom is -0.377 e. The third-order valence-electron chi connectivity index (χ3n) is 3.74. The molecule has 4 heteroatoms. The van der Waals surface area contributed by atoms with E-state index in [1.807, 2.05) is 12.1 Å². The fourth-order valence-electron chi connectivity index (χ4n) is 2.10. The molecule has 2 N–H and O–H groups in total. The van der Waals surface area contributed by atoms with Crippen molar-refractivity contribution in [3.8, 4) is 0 Å². The molecule has 0 aliphatic carbocycles. The van der Waals surface area contributed by atoms with E-state index in [2.05, 4.69) is 44.9 Å². The first kappa shape index (κ1) is 17.4. The molecule has 0 fully saturated rings. The van der Waals surface area contributed by atoms with E-state index in [9.17, 15) is 0 Å². The summed E-state index contributed by atoms with van der Waals surface area (Å²) in [5.74, 6) is 0. The van der Waals surface area contributed by atoms with Crippen LogP contribution >= 0.6 is 11.6 Å². The molecule has 0 bridgehead atoms. The van der Waals surface area contributed by atoms with Gasteiger partial charge in [0.05, 0.1) is 12.7 Å². The Kier molecular flexibility index (Phi) is 6.96. The highest BCUT2D eigenvalue weighted by atomic mass is 35.5. The van der Waals surface area contributed by atoms with Gasteiger partial charge in [0.15, 0.2) is 0 Å². The summed E-state index contributed by atoms with van der Waals surface area (Å²) in [7, 11) is 2.10. The number of hydrogen-bond donors (Lipinski definition) is 1. The Labute approximate surface area is 128 Å². The van der Waals surface area contributed by atoms with Gasteiger partial charge in [-0.2, -0.15) is 0 Å².